The summed E-state index contributed by atoms with van der Waals surface area (Å²) in [4.78, 5) is 9.44. The van der Waals surface area contributed by atoms with Crippen LogP contribution in [-0.2, 0) is 25.4 Å². The maximum atomic E-state index is 9.63. The van der Waals surface area contributed by atoms with Crippen molar-refractivity contribution in [3.63, 3.8) is 0 Å². The molecule has 0 aliphatic rings. The van der Waals surface area contributed by atoms with Gasteiger partial charge in [0.25, 0.3) is 0 Å². The van der Waals surface area contributed by atoms with E-state index in [9.17, 15) is 17.4 Å². The normalized spacial score (nSPS) is 8.56. The van der Waals surface area contributed by atoms with Crippen LogP contribution < -0.4 is 0 Å². The first-order chi connectivity index (χ1) is 6.88. The molecule has 0 N–H and O–H groups in total. The number of hydrogen-bond acceptors (Lipinski definition) is 5. The fraction of sp³-hybridized carbons (Fsp3) is 0.889. The van der Waals surface area contributed by atoms with Gasteiger partial charge in [-0.2, -0.15) is 11.8 Å². The van der Waals surface area contributed by atoms with Crippen LogP contribution in [0.1, 0.15) is 13.8 Å². The van der Waals surface area contributed by atoms with Crippen LogP contribution in [0.3, 0.4) is 0 Å². The molecule has 0 atom stereocenters. The van der Waals surface area contributed by atoms with Gasteiger partial charge in [-0.3, -0.25) is 4.21 Å². The van der Waals surface area contributed by atoms with Crippen LogP contribution in [0.2, 0.25) is 0 Å². The number of carbonyl (C=O) groups excluding carboxylic acids is 1. The van der Waals surface area contributed by atoms with Crippen molar-refractivity contribution < 1.29 is 17.4 Å². The first kappa shape index (κ1) is 25.1. The molecule has 7 heteroatoms. The Balaban J connectivity index is -0.0000000610. The van der Waals surface area contributed by atoms with Gasteiger partial charge < -0.3 is 4.79 Å². The Hall–Kier alpha value is 0.120. The molecule has 0 aromatic heterocycles. The van der Waals surface area contributed by atoms with Gasteiger partial charge in [0, 0.05) is 35.8 Å². The first-order valence-electron chi connectivity index (χ1n) is 4.15. The summed E-state index contributed by atoms with van der Waals surface area (Å²) >= 11 is 1.75. The highest BCUT2D eigenvalue weighted by Gasteiger charge is 1.79. The van der Waals surface area contributed by atoms with E-state index < -0.39 is 20.6 Å². The third-order valence-electron chi connectivity index (χ3n) is 0. The Morgan fingerprint density at radius 3 is 1.06 bits per heavy atom. The molecule has 0 aromatic rings. The van der Waals surface area contributed by atoms with Crippen molar-refractivity contribution in [1.29, 1.82) is 0 Å². The average Bonchev–Trinajstić information content (AvgIpc) is 1.78. The lowest BCUT2D eigenvalue weighted by Gasteiger charge is -1.69. The highest BCUT2D eigenvalue weighted by molar-refractivity contribution is 7.97. The SMILES string of the molecule is CC(C)=O.CS(C)(=O)=O.CS(C)=O.CSC. The Labute approximate surface area is 107 Å². The number of carbonyl (C=O) groups is 1. The third-order valence-corrected chi connectivity index (χ3v) is 0. The number of Topliss-reactive ketones (excluding diaryl/α,β-unsaturated/α-hetero) is 1. The largest absolute Gasteiger partial charge is 0.300 e. The van der Waals surface area contributed by atoms with Crippen molar-refractivity contribution >= 4 is 38.2 Å². The molecule has 0 saturated heterocycles. The fourth-order valence-electron chi connectivity index (χ4n) is 0. The summed E-state index contributed by atoms with van der Waals surface area (Å²) in [6, 6.07) is 0. The highest BCUT2D eigenvalue weighted by Crippen LogP contribution is 1.70. The molecule has 0 radical (unpaired) electrons. The summed E-state index contributed by atoms with van der Waals surface area (Å²) in [5.41, 5.74) is 0. The van der Waals surface area contributed by atoms with E-state index in [1.165, 1.54) is 13.8 Å². The van der Waals surface area contributed by atoms with Gasteiger partial charge in [0.2, 0.25) is 0 Å². The number of rotatable bonds is 0. The maximum Gasteiger partial charge on any atom is 0.144 e. The number of ketones is 1. The van der Waals surface area contributed by atoms with Gasteiger partial charge in [-0.05, 0) is 26.4 Å². The van der Waals surface area contributed by atoms with Gasteiger partial charge in [0.15, 0.2) is 0 Å². The van der Waals surface area contributed by atoms with Crippen LogP contribution in [0, 0.1) is 0 Å². The zero-order valence-electron chi connectivity index (χ0n) is 11.4. The highest BCUT2D eigenvalue weighted by atomic mass is 32.2. The maximum absolute atomic E-state index is 9.63. The molecular formula is C9H24O4S3. The lowest BCUT2D eigenvalue weighted by Crippen LogP contribution is -1.86. The summed E-state index contributed by atoms with van der Waals surface area (Å²) in [6.45, 7) is 3.06. The molecule has 16 heavy (non-hydrogen) atoms. The number of hydrogen-bond donors (Lipinski definition) is 0. The van der Waals surface area contributed by atoms with Gasteiger partial charge in [-0.15, -0.1) is 0 Å². The van der Waals surface area contributed by atoms with Crippen LogP contribution in [0.5, 0.6) is 0 Å². The number of sulfone groups is 1. The molecule has 0 fully saturated rings. The van der Waals surface area contributed by atoms with E-state index in [0.29, 0.717) is 0 Å². The molecule has 0 bridgehead atoms. The molecule has 0 aliphatic carbocycles. The van der Waals surface area contributed by atoms with Gasteiger partial charge in [-0.1, -0.05) is 0 Å². The minimum atomic E-state index is -2.67. The Kier molecular flexibility index (Phi) is 27.5. The van der Waals surface area contributed by atoms with Gasteiger partial charge in [0.05, 0.1) is 0 Å². The van der Waals surface area contributed by atoms with Crippen LogP contribution in [-0.4, -0.2) is 55.9 Å². The van der Waals surface area contributed by atoms with E-state index in [-0.39, 0.29) is 5.78 Å². The van der Waals surface area contributed by atoms with Crippen molar-refractivity contribution in [2.75, 3.05) is 37.5 Å². The fourth-order valence-corrected chi connectivity index (χ4v) is 0. The molecule has 0 saturated carbocycles. The van der Waals surface area contributed by atoms with E-state index in [1.807, 2.05) is 12.5 Å². The zero-order valence-corrected chi connectivity index (χ0v) is 13.8. The molecule has 0 heterocycles. The molecule has 0 spiro atoms. The standard InChI is InChI=1S/C3H6O.C2H6O2S.C2H6OS.C2H6S/c1-3(2)4;1-5(2,3)4;1-4(2)3;1-3-2/h1-2H3;1-2H3;1-2H3;1-2H3. The lowest BCUT2D eigenvalue weighted by atomic mass is 10.6. The smallest absolute Gasteiger partial charge is 0.144 e. The molecule has 4 nitrogen and oxygen atoms in total. The molecular weight excluding hydrogens is 268 g/mol. The summed E-state index contributed by atoms with van der Waals surface area (Å²) in [7, 11) is -3.28. The molecule has 0 aromatic carbocycles. The molecule has 102 valence electrons. The number of thioether (sulfide) groups is 1. The quantitative estimate of drug-likeness (QED) is 0.672. The average molecular weight is 292 g/mol. The first-order valence-corrected chi connectivity index (χ1v) is 10.1. The predicted molar refractivity (Wildman–Crippen MR) is 76.6 cm³/mol. The van der Waals surface area contributed by atoms with Crippen LogP contribution in [0.15, 0.2) is 0 Å². The van der Waals surface area contributed by atoms with E-state index in [0.717, 1.165) is 12.5 Å². The third kappa shape index (κ3) is 169000. The van der Waals surface area contributed by atoms with E-state index >= 15 is 0 Å². The van der Waals surface area contributed by atoms with E-state index in [1.54, 1.807) is 24.3 Å². The second-order valence-electron chi connectivity index (χ2n) is 3.20. The molecule has 0 aliphatic heterocycles. The summed E-state index contributed by atoms with van der Waals surface area (Å²) in [5, 5.41) is 0. The van der Waals surface area contributed by atoms with Crippen molar-refractivity contribution in [2.24, 2.45) is 0 Å². The minimum absolute atomic E-state index is 0.167. The molecule has 0 rings (SSSR count). The Bertz CT molecular complexity index is 230. The second kappa shape index (κ2) is 17.5. The summed E-state index contributed by atoms with van der Waals surface area (Å²) in [5.74, 6) is 0.167. The van der Waals surface area contributed by atoms with Crippen molar-refractivity contribution in [2.45, 2.75) is 13.8 Å². The topological polar surface area (TPSA) is 68.3 Å². The van der Waals surface area contributed by atoms with Crippen LogP contribution >= 0.6 is 11.8 Å². The minimum Gasteiger partial charge on any atom is -0.300 e. The lowest BCUT2D eigenvalue weighted by molar-refractivity contribution is -0.114. The molecule has 0 unspecified atom stereocenters. The second-order valence-corrected chi connectivity index (χ2v) is 7.79. The molecule has 0 amide bonds. The van der Waals surface area contributed by atoms with E-state index in [4.69, 9.17) is 0 Å². The van der Waals surface area contributed by atoms with Crippen LogP contribution in [0.4, 0.5) is 0 Å². The Morgan fingerprint density at radius 2 is 1.06 bits per heavy atom. The summed E-state index contributed by atoms with van der Waals surface area (Å²) < 4.78 is 28.8. The van der Waals surface area contributed by atoms with E-state index in [2.05, 4.69) is 0 Å². The monoisotopic (exact) mass is 292 g/mol. The predicted octanol–water partition coefficient (Wildman–Crippen LogP) is 1.23. The van der Waals surface area contributed by atoms with Gasteiger partial charge in [-0.25, -0.2) is 8.42 Å². The zero-order chi connectivity index (χ0) is 14.4. The Morgan fingerprint density at radius 1 is 1.06 bits per heavy atom. The van der Waals surface area contributed by atoms with Crippen molar-refractivity contribution in [3.05, 3.63) is 0 Å². The van der Waals surface area contributed by atoms with Gasteiger partial charge >= 0.3 is 0 Å². The van der Waals surface area contributed by atoms with Crippen LogP contribution in [0.25, 0.3) is 0 Å². The van der Waals surface area contributed by atoms with Crippen molar-refractivity contribution in [3.8, 4) is 0 Å². The van der Waals surface area contributed by atoms with Gasteiger partial charge in [0.1, 0.15) is 15.6 Å². The summed E-state index contributed by atoms with van der Waals surface area (Å²) in [6.07, 6.45) is 9.68. The van der Waals surface area contributed by atoms with Crippen molar-refractivity contribution in [1.82, 2.24) is 0 Å².